The van der Waals surface area contributed by atoms with Crippen LogP contribution in [0, 0.1) is 17.1 Å². The maximum atomic E-state index is 13.6. The van der Waals surface area contributed by atoms with Crippen LogP contribution in [0.3, 0.4) is 0 Å². The molecule has 0 bridgehead atoms. The van der Waals surface area contributed by atoms with Crippen LogP contribution in [-0.4, -0.2) is 27.7 Å². The molecule has 1 heterocycles. The lowest BCUT2D eigenvalue weighted by molar-refractivity contribution is -0.662. The maximum Gasteiger partial charge on any atom is 0.213 e. The number of hydrogen-bond donors (Lipinski definition) is 0. The van der Waals surface area contributed by atoms with Crippen LogP contribution in [0.1, 0.15) is 17.7 Å². The van der Waals surface area contributed by atoms with Gasteiger partial charge in [-0.25, -0.2) is 4.39 Å². The molecule has 0 atom stereocenters. The van der Waals surface area contributed by atoms with Gasteiger partial charge in [0, 0.05) is 62.8 Å². The van der Waals surface area contributed by atoms with Gasteiger partial charge in [-0.1, -0.05) is 24.3 Å². The van der Waals surface area contributed by atoms with Crippen molar-refractivity contribution in [3.8, 4) is 28.5 Å². The Morgan fingerprint density at radius 2 is 1.39 bits per heavy atom. The summed E-state index contributed by atoms with van der Waals surface area (Å²) in [4.78, 5) is 4.16. The molecule has 4 aromatic rings. The number of pyridine rings is 1. The van der Waals surface area contributed by atoms with Crippen LogP contribution in [0.4, 0.5) is 15.8 Å². The summed E-state index contributed by atoms with van der Waals surface area (Å²) in [5.41, 5.74) is 8.51. The molecule has 0 spiro atoms. The number of rotatable bonds is 8. The molecule has 0 fully saturated rings. The molecule has 0 radical (unpaired) electrons. The highest BCUT2D eigenvalue weighted by Gasteiger charge is 2.17. The van der Waals surface area contributed by atoms with Gasteiger partial charge in [0.2, 0.25) is 11.4 Å². The van der Waals surface area contributed by atoms with E-state index in [1.165, 1.54) is 12.1 Å². The number of hydrogen-bond acceptors (Lipinski definition) is 3. The van der Waals surface area contributed by atoms with Gasteiger partial charge in [0.05, 0.1) is 12.5 Å². The van der Waals surface area contributed by atoms with Crippen molar-refractivity contribution in [2.45, 2.75) is 6.42 Å². The van der Waals surface area contributed by atoms with E-state index >= 15 is 0 Å². The predicted octanol–water partition coefficient (Wildman–Crippen LogP) is 3.57. The van der Waals surface area contributed by atoms with E-state index in [0.717, 1.165) is 45.0 Å². The van der Waals surface area contributed by atoms with Crippen molar-refractivity contribution in [3.63, 3.8) is 0 Å². The molecule has 6 heteroatoms. The van der Waals surface area contributed by atoms with Gasteiger partial charge < -0.3 is 33.8 Å². The van der Waals surface area contributed by atoms with Crippen molar-refractivity contribution in [2.24, 2.45) is 7.05 Å². The first-order chi connectivity index (χ1) is 17.9. The third-order valence-corrected chi connectivity index (χ3v) is 6.54. The zero-order chi connectivity index (χ0) is 26.4. The van der Waals surface area contributed by atoms with E-state index in [1.807, 2.05) is 40.3 Å². The summed E-state index contributed by atoms with van der Waals surface area (Å²) in [5, 5.41) is 8.83. The predicted molar refractivity (Wildman–Crippen MR) is 152 cm³/mol. The van der Waals surface area contributed by atoms with Crippen LogP contribution < -0.4 is 38.3 Å². The van der Waals surface area contributed by atoms with Crippen LogP contribution in [0.25, 0.3) is 34.5 Å². The van der Waals surface area contributed by atoms with Gasteiger partial charge >= 0.3 is 0 Å². The average Bonchev–Trinajstić information content (AvgIpc) is 2.92. The lowest BCUT2D eigenvalue weighted by atomic mass is 10.0. The Labute approximate surface area is 242 Å². The first-order valence-corrected chi connectivity index (χ1v) is 12.3. The summed E-state index contributed by atoms with van der Waals surface area (Å²) < 4.78 is 15.8. The fourth-order valence-electron chi connectivity index (χ4n) is 4.23. The highest BCUT2D eigenvalue weighted by molar-refractivity contribution is 5.75. The number of aromatic nitrogens is 1. The Morgan fingerprint density at radius 1 is 0.789 bits per heavy atom. The Hall–Kier alpha value is -3.70. The first-order valence-electron chi connectivity index (χ1n) is 12.3. The van der Waals surface area contributed by atoms with Crippen molar-refractivity contribution in [1.29, 1.82) is 5.26 Å². The summed E-state index contributed by atoms with van der Waals surface area (Å²) >= 11 is 0. The van der Waals surface area contributed by atoms with Gasteiger partial charge in [-0.2, -0.15) is 9.83 Å². The minimum Gasteiger partial charge on any atom is -1.00 e. The first kappa shape index (κ1) is 28.9. The Morgan fingerprint density at radius 3 is 2.00 bits per heavy atom. The molecule has 194 valence electrons. The zero-order valence-electron chi connectivity index (χ0n) is 22.2. The van der Waals surface area contributed by atoms with Crippen LogP contribution >= 0.6 is 0 Å². The normalized spacial score (nSPS) is 10.6. The SMILES string of the molecule is CN(C)c1ccc(-c2cc(C=Cc3ccc(N(C)CCC#N)cc3)[n+](C)c(-c3ccc(F)cc3)c2)cc1.[I-]. The molecule has 38 heavy (non-hydrogen) atoms. The molecule has 0 amide bonds. The van der Waals surface area contributed by atoms with Gasteiger partial charge in [0.1, 0.15) is 12.9 Å². The highest BCUT2D eigenvalue weighted by Crippen LogP contribution is 2.27. The number of nitriles is 1. The summed E-state index contributed by atoms with van der Waals surface area (Å²) in [6.07, 6.45) is 4.71. The quantitative estimate of drug-likeness (QED) is 0.224. The van der Waals surface area contributed by atoms with E-state index in [9.17, 15) is 4.39 Å². The monoisotopic (exact) mass is 618 g/mol. The maximum absolute atomic E-state index is 13.6. The van der Waals surface area contributed by atoms with Crippen molar-refractivity contribution < 1.29 is 32.9 Å². The minimum atomic E-state index is -0.247. The van der Waals surface area contributed by atoms with Crippen LogP contribution in [0.5, 0.6) is 0 Å². The Bertz CT molecular complexity index is 1420. The molecular formula is C32H32FIN4. The fourth-order valence-corrected chi connectivity index (χ4v) is 4.23. The third kappa shape index (κ3) is 6.99. The van der Waals surface area contributed by atoms with Crippen molar-refractivity contribution in [2.75, 3.05) is 37.5 Å². The van der Waals surface area contributed by atoms with E-state index in [4.69, 9.17) is 5.26 Å². The molecule has 0 aliphatic carbocycles. The Balaban J connectivity index is 0.00000400. The third-order valence-electron chi connectivity index (χ3n) is 6.54. The average molecular weight is 619 g/mol. The zero-order valence-corrected chi connectivity index (χ0v) is 24.4. The van der Waals surface area contributed by atoms with E-state index in [0.29, 0.717) is 13.0 Å². The molecule has 1 aromatic heterocycles. The van der Waals surface area contributed by atoms with E-state index in [-0.39, 0.29) is 29.8 Å². The molecule has 0 unspecified atom stereocenters. The molecule has 4 rings (SSSR count). The number of nitrogens with zero attached hydrogens (tertiary/aromatic N) is 4. The van der Waals surface area contributed by atoms with Gasteiger partial charge in [0.25, 0.3) is 0 Å². The summed E-state index contributed by atoms with van der Waals surface area (Å²) in [6, 6.07) is 30.0. The molecule has 0 aliphatic rings. The van der Waals surface area contributed by atoms with Crippen LogP contribution in [-0.2, 0) is 7.05 Å². The highest BCUT2D eigenvalue weighted by atomic mass is 127. The topological polar surface area (TPSA) is 34.1 Å². The number of halogens is 2. The lowest BCUT2D eigenvalue weighted by Gasteiger charge is -2.17. The second-order valence-electron chi connectivity index (χ2n) is 9.32. The molecule has 0 N–H and O–H groups in total. The second-order valence-corrected chi connectivity index (χ2v) is 9.32. The molecule has 4 nitrogen and oxygen atoms in total. The molecule has 3 aromatic carbocycles. The minimum absolute atomic E-state index is 0. The van der Waals surface area contributed by atoms with Gasteiger partial charge in [0.15, 0.2) is 0 Å². The van der Waals surface area contributed by atoms with Crippen molar-refractivity contribution >= 4 is 23.5 Å². The lowest BCUT2D eigenvalue weighted by Crippen LogP contribution is -3.00. The Kier molecular flexibility index (Phi) is 10.0. The molecule has 0 aliphatic heterocycles. The second kappa shape index (κ2) is 13.2. The summed E-state index contributed by atoms with van der Waals surface area (Å²) in [7, 11) is 8.09. The molecule has 0 saturated carbocycles. The van der Waals surface area contributed by atoms with Crippen LogP contribution in [0.2, 0.25) is 0 Å². The van der Waals surface area contributed by atoms with E-state index < -0.39 is 0 Å². The molecule has 0 saturated heterocycles. The summed E-state index contributed by atoms with van der Waals surface area (Å²) in [6.45, 7) is 0.704. The van der Waals surface area contributed by atoms with Crippen LogP contribution in [0.15, 0.2) is 84.9 Å². The van der Waals surface area contributed by atoms with Gasteiger partial charge in [-0.3, -0.25) is 0 Å². The van der Waals surface area contributed by atoms with Gasteiger partial charge in [-0.15, -0.1) is 0 Å². The standard InChI is InChI=1S/C32H32FN4.HI/c1-35(2)29-18-11-25(12-19-29)27-22-31(37(4)32(23-27)26-9-13-28(33)14-10-26)17-8-24-6-15-30(16-7-24)36(3)21-5-20-34;/h6-19,22-23H,5,21H2,1-4H3;1H/q+1;/p-1. The van der Waals surface area contributed by atoms with Crippen molar-refractivity contribution in [3.05, 3.63) is 102 Å². The number of anilines is 2. The fraction of sp³-hybridized carbons (Fsp3) is 0.188. The smallest absolute Gasteiger partial charge is 0.213 e. The van der Waals surface area contributed by atoms with E-state index in [2.05, 4.69) is 93.3 Å². The molecular weight excluding hydrogens is 586 g/mol. The van der Waals surface area contributed by atoms with Crippen molar-refractivity contribution in [1.82, 2.24) is 0 Å². The van der Waals surface area contributed by atoms with E-state index in [1.54, 1.807) is 0 Å². The largest absolute Gasteiger partial charge is 1.00 e. The number of benzene rings is 3. The summed E-state index contributed by atoms with van der Waals surface area (Å²) in [5.74, 6) is -0.247. The van der Waals surface area contributed by atoms with Gasteiger partial charge in [-0.05, 0) is 71.3 Å².